The highest BCUT2D eigenvalue weighted by atomic mass is 16.5. The van der Waals surface area contributed by atoms with Crippen molar-refractivity contribution in [3.8, 4) is 0 Å². The van der Waals surface area contributed by atoms with E-state index in [1.807, 2.05) is 0 Å². The fraction of sp³-hybridized carbons (Fsp3) is 0.750. The second-order valence-electron chi connectivity index (χ2n) is 1.13. The van der Waals surface area contributed by atoms with Gasteiger partial charge in [0, 0.05) is 1.37 Å². The van der Waals surface area contributed by atoms with Crippen molar-refractivity contribution in [3.63, 3.8) is 0 Å². The van der Waals surface area contributed by atoms with Crippen molar-refractivity contribution >= 4 is 5.97 Å². The van der Waals surface area contributed by atoms with Crippen LogP contribution in [0.25, 0.3) is 0 Å². The predicted octanol–water partition coefficient (Wildman–Crippen LogP) is -0.493. The second-order valence-corrected chi connectivity index (χ2v) is 1.13. The van der Waals surface area contributed by atoms with Crippen molar-refractivity contribution in [1.29, 1.82) is 0 Å². The number of ether oxygens (including phenoxy) is 1. The fourth-order valence-corrected chi connectivity index (χ4v) is 0.151. The lowest BCUT2D eigenvalue weighted by Gasteiger charge is -1.98. The zero-order chi connectivity index (χ0) is 6.57. The highest BCUT2D eigenvalue weighted by Crippen LogP contribution is 1.76. The Morgan fingerprint density at radius 3 is 2.86 bits per heavy atom. The molecule has 0 amide bonds. The quantitative estimate of drug-likeness (QED) is 0.456. The number of esters is 1. The minimum absolute atomic E-state index is 0.118. The summed E-state index contributed by atoms with van der Waals surface area (Å²) < 4.78 is 10.8. The van der Waals surface area contributed by atoms with E-state index in [0.717, 1.165) is 0 Å². The van der Waals surface area contributed by atoms with Crippen molar-refractivity contribution in [2.75, 3.05) is 7.11 Å². The lowest BCUT2D eigenvalue weighted by molar-refractivity contribution is -0.141. The van der Waals surface area contributed by atoms with Gasteiger partial charge in [-0.05, 0) is 6.90 Å². The molecule has 0 spiro atoms. The molecule has 3 nitrogen and oxygen atoms in total. The topological polar surface area (TPSA) is 52.3 Å². The molecule has 3 heteroatoms. The van der Waals surface area contributed by atoms with Gasteiger partial charge in [0.2, 0.25) is 0 Å². The Balaban J connectivity index is 3.46. The molecule has 0 rings (SSSR count). The summed E-state index contributed by atoms with van der Waals surface area (Å²) >= 11 is 0. The third kappa shape index (κ3) is 2.17. The van der Waals surface area contributed by atoms with Crippen LogP contribution < -0.4 is 5.73 Å². The first-order valence-electron chi connectivity index (χ1n) is 2.55. The highest BCUT2D eigenvalue weighted by molar-refractivity contribution is 5.74. The molecule has 0 aromatic rings. The van der Waals surface area contributed by atoms with Crippen molar-refractivity contribution in [3.05, 3.63) is 0 Å². The minimum atomic E-state index is -0.778. The molecule has 7 heavy (non-hydrogen) atoms. The Kier molecular flexibility index (Phi) is 1.69. The van der Waals surface area contributed by atoms with E-state index in [1.54, 1.807) is 0 Å². The Hall–Kier alpha value is -0.570. The first-order valence-corrected chi connectivity index (χ1v) is 1.85. The number of nitrogens with two attached hydrogens (primary N) is 1. The van der Waals surface area contributed by atoms with Gasteiger partial charge in [-0.1, -0.05) is 0 Å². The fourth-order valence-electron chi connectivity index (χ4n) is 0.151. The number of carbonyl (C=O) groups excluding carboxylic acids is 1. The molecule has 0 fully saturated rings. The number of rotatable bonds is 1. The summed E-state index contributed by atoms with van der Waals surface area (Å²) in [6.07, 6.45) is 0. The molecule has 0 aliphatic carbocycles. The van der Waals surface area contributed by atoms with Gasteiger partial charge in [0.25, 0.3) is 0 Å². The van der Waals surface area contributed by atoms with Gasteiger partial charge in [-0.3, -0.25) is 4.79 Å². The molecule has 0 saturated heterocycles. The van der Waals surface area contributed by atoms with Crippen LogP contribution in [0, 0.1) is 0 Å². The molecule has 42 valence electrons. The van der Waals surface area contributed by atoms with E-state index in [0.29, 0.717) is 0 Å². The molecule has 0 unspecified atom stereocenters. The van der Waals surface area contributed by atoms with Gasteiger partial charge < -0.3 is 10.5 Å². The zero-order valence-electron chi connectivity index (χ0n) is 5.18. The summed E-state index contributed by atoms with van der Waals surface area (Å²) in [6.45, 7) is -0.118. The molecule has 1 atom stereocenters. The maximum atomic E-state index is 10.3. The molecule has 0 aromatic heterocycles. The van der Waals surface area contributed by atoms with Gasteiger partial charge in [-0.15, -0.1) is 0 Å². The predicted molar refractivity (Wildman–Crippen MR) is 25.7 cm³/mol. The monoisotopic (exact) mass is 104 g/mol. The first-order chi connectivity index (χ1) is 3.72. The molecule has 0 aromatic carbocycles. The van der Waals surface area contributed by atoms with Crippen LogP contribution in [0.1, 0.15) is 8.27 Å². The standard InChI is InChI=1S/C4H9NO2/c1-3(5)4(6)7-2/h3H,5H2,1-2H3/t3-/m1/s1/i1D. The van der Waals surface area contributed by atoms with Crippen LogP contribution in [-0.4, -0.2) is 19.1 Å². The van der Waals surface area contributed by atoms with Gasteiger partial charge in [0.15, 0.2) is 0 Å². The summed E-state index contributed by atoms with van der Waals surface area (Å²) in [5.74, 6) is -0.528. The molecular weight excluding hydrogens is 94.0 g/mol. The second kappa shape index (κ2) is 2.58. The van der Waals surface area contributed by atoms with E-state index in [-0.39, 0.29) is 6.90 Å². The lowest BCUT2D eigenvalue weighted by Crippen LogP contribution is -2.27. The van der Waals surface area contributed by atoms with Gasteiger partial charge in [0.1, 0.15) is 6.04 Å². The molecule has 0 heterocycles. The highest BCUT2D eigenvalue weighted by Gasteiger charge is 2.03. The number of methoxy groups -OCH3 is 1. The summed E-state index contributed by atoms with van der Waals surface area (Å²) in [7, 11) is 1.25. The van der Waals surface area contributed by atoms with E-state index in [2.05, 4.69) is 4.74 Å². The van der Waals surface area contributed by atoms with Crippen molar-refractivity contribution in [2.24, 2.45) is 5.73 Å². The summed E-state index contributed by atoms with van der Waals surface area (Å²) in [6, 6.07) is -0.778. The van der Waals surface area contributed by atoms with E-state index < -0.39 is 12.0 Å². The normalized spacial score (nSPS) is 14.9. The Morgan fingerprint density at radius 1 is 2.14 bits per heavy atom. The van der Waals surface area contributed by atoms with Crippen LogP contribution in [0.3, 0.4) is 0 Å². The van der Waals surface area contributed by atoms with Crippen LogP contribution in [0.4, 0.5) is 0 Å². The van der Waals surface area contributed by atoms with E-state index in [9.17, 15) is 4.79 Å². The molecule has 0 aliphatic rings. The third-order valence-corrected chi connectivity index (χ3v) is 0.504. The van der Waals surface area contributed by atoms with Crippen LogP contribution in [0.15, 0.2) is 0 Å². The maximum absolute atomic E-state index is 10.3. The first kappa shape index (κ1) is 4.59. The average molecular weight is 104 g/mol. The van der Waals surface area contributed by atoms with Crippen LogP contribution in [0.2, 0.25) is 0 Å². The number of carbonyl (C=O) groups is 1. The summed E-state index contributed by atoms with van der Waals surface area (Å²) in [5.41, 5.74) is 5.06. The molecular formula is C4H9NO2. The van der Waals surface area contributed by atoms with Crippen molar-refractivity contribution < 1.29 is 10.9 Å². The van der Waals surface area contributed by atoms with E-state index >= 15 is 0 Å². The van der Waals surface area contributed by atoms with Gasteiger partial charge in [-0.2, -0.15) is 0 Å². The number of hydrogen-bond donors (Lipinski definition) is 1. The average Bonchev–Trinajstić information content (AvgIpc) is 1.84. The smallest absolute Gasteiger partial charge is 0.322 e. The third-order valence-electron chi connectivity index (χ3n) is 0.504. The molecule has 0 bridgehead atoms. The van der Waals surface area contributed by atoms with E-state index in [1.165, 1.54) is 7.11 Å². The maximum Gasteiger partial charge on any atom is 0.322 e. The zero-order valence-corrected chi connectivity index (χ0v) is 4.18. The van der Waals surface area contributed by atoms with Gasteiger partial charge in [-0.25, -0.2) is 0 Å². The Bertz CT molecular complexity index is 86.1. The van der Waals surface area contributed by atoms with Crippen LogP contribution in [-0.2, 0) is 9.53 Å². The van der Waals surface area contributed by atoms with Gasteiger partial charge >= 0.3 is 5.97 Å². The largest absolute Gasteiger partial charge is 0.468 e. The van der Waals surface area contributed by atoms with Crippen molar-refractivity contribution in [1.82, 2.24) is 0 Å². The Morgan fingerprint density at radius 2 is 2.71 bits per heavy atom. The van der Waals surface area contributed by atoms with Crippen LogP contribution in [0.5, 0.6) is 0 Å². The SMILES string of the molecule is [2H]C[C@@H](N)C(=O)OC. The number of hydrogen-bond acceptors (Lipinski definition) is 3. The van der Waals surface area contributed by atoms with E-state index in [4.69, 9.17) is 7.10 Å². The lowest BCUT2D eigenvalue weighted by atomic mass is 10.4. The Labute approximate surface area is 43.9 Å². The van der Waals surface area contributed by atoms with Crippen molar-refractivity contribution in [2.45, 2.75) is 12.9 Å². The van der Waals surface area contributed by atoms with Gasteiger partial charge in [0.05, 0.1) is 7.11 Å². The molecule has 0 aliphatic heterocycles. The minimum Gasteiger partial charge on any atom is -0.468 e. The summed E-state index contributed by atoms with van der Waals surface area (Å²) in [5, 5.41) is 0. The summed E-state index contributed by atoms with van der Waals surface area (Å²) in [4.78, 5) is 10.3. The molecule has 0 radical (unpaired) electrons. The molecule has 0 saturated carbocycles. The van der Waals surface area contributed by atoms with Crippen LogP contribution >= 0.6 is 0 Å². The molecule has 2 N–H and O–H groups in total.